The van der Waals surface area contributed by atoms with Gasteiger partial charge in [-0.3, -0.25) is 9.80 Å². The molecule has 1 aromatic rings. The van der Waals surface area contributed by atoms with Gasteiger partial charge >= 0.3 is 0 Å². The number of hydrogen-bond donors (Lipinski definition) is 2. The molecule has 2 heterocycles. The molecule has 112 valence electrons. The molecule has 3 rings (SSSR count). The van der Waals surface area contributed by atoms with Gasteiger partial charge in [-0.15, -0.1) is 0 Å². The first-order valence-corrected chi connectivity index (χ1v) is 7.94. The summed E-state index contributed by atoms with van der Waals surface area (Å²) in [6.45, 7) is 4.49. The molecular formula is C15H26N4O. The zero-order valence-electron chi connectivity index (χ0n) is 12.2. The van der Waals surface area contributed by atoms with Crippen LogP contribution < -0.4 is 0 Å². The Morgan fingerprint density at radius 1 is 1.30 bits per heavy atom. The number of H-pyrrole nitrogens is 1. The van der Waals surface area contributed by atoms with E-state index in [0.717, 1.165) is 44.5 Å². The Balaban J connectivity index is 1.59. The molecule has 5 heteroatoms. The number of rotatable bonds is 5. The molecule has 1 atom stereocenters. The smallest absolute Gasteiger partial charge is 0.120 e. The number of imidazole rings is 1. The Bertz CT molecular complexity index is 389. The first kappa shape index (κ1) is 14.0. The second-order valence-corrected chi connectivity index (χ2v) is 6.11. The van der Waals surface area contributed by atoms with Crippen LogP contribution in [0.3, 0.4) is 0 Å². The minimum atomic E-state index is 0.294. The Morgan fingerprint density at radius 2 is 2.15 bits per heavy atom. The number of aromatic amines is 1. The molecule has 2 fully saturated rings. The van der Waals surface area contributed by atoms with Gasteiger partial charge in [-0.2, -0.15) is 0 Å². The fourth-order valence-corrected chi connectivity index (χ4v) is 3.80. The summed E-state index contributed by atoms with van der Waals surface area (Å²) in [6.07, 6.45) is 10.0. The minimum Gasteiger partial charge on any atom is -0.396 e. The van der Waals surface area contributed by atoms with Crippen LogP contribution in [0.15, 0.2) is 12.4 Å². The number of nitrogens with zero attached hydrogens (tertiary/aromatic N) is 3. The van der Waals surface area contributed by atoms with Crippen molar-refractivity contribution in [3.63, 3.8) is 0 Å². The summed E-state index contributed by atoms with van der Waals surface area (Å²) in [7, 11) is 0. The molecule has 20 heavy (non-hydrogen) atoms. The average Bonchev–Trinajstić information content (AvgIpc) is 3.12. The van der Waals surface area contributed by atoms with E-state index in [-0.39, 0.29) is 0 Å². The summed E-state index contributed by atoms with van der Waals surface area (Å²) in [5.74, 6) is 1.04. The fourth-order valence-electron chi connectivity index (χ4n) is 3.80. The largest absolute Gasteiger partial charge is 0.396 e. The number of aromatic nitrogens is 2. The Hall–Kier alpha value is -0.910. The van der Waals surface area contributed by atoms with Gasteiger partial charge in [-0.25, -0.2) is 4.98 Å². The maximum Gasteiger partial charge on any atom is 0.120 e. The van der Waals surface area contributed by atoms with E-state index in [4.69, 9.17) is 0 Å². The van der Waals surface area contributed by atoms with Crippen LogP contribution in [0.25, 0.3) is 0 Å². The van der Waals surface area contributed by atoms with E-state index in [1.165, 1.54) is 25.7 Å². The molecule has 0 radical (unpaired) electrons. The van der Waals surface area contributed by atoms with Crippen LogP contribution in [0.1, 0.15) is 37.9 Å². The summed E-state index contributed by atoms with van der Waals surface area (Å²) in [4.78, 5) is 12.6. The van der Waals surface area contributed by atoms with Gasteiger partial charge in [0, 0.05) is 50.7 Å². The van der Waals surface area contributed by atoms with Crippen molar-refractivity contribution in [2.75, 3.05) is 26.2 Å². The lowest BCUT2D eigenvalue weighted by Crippen LogP contribution is -2.56. The molecule has 1 aliphatic carbocycles. The number of piperazine rings is 1. The van der Waals surface area contributed by atoms with Gasteiger partial charge in [0.05, 0.1) is 6.54 Å². The van der Waals surface area contributed by atoms with E-state index >= 15 is 0 Å². The zero-order chi connectivity index (χ0) is 13.8. The third-order valence-electron chi connectivity index (χ3n) is 4.80. The third-order valence-corrected chi connectivity index (χ3v) is 4.80. The second-order valence-electron chi connectivity index (χ2n) is 6.11. The van der Waals surface area contributed by atoms with Crippen molar-refractivity contribution in [3.05, 3.63) is 18.2 Å². The molecule has 1 aromatic heterocycles. The van der Waals surface area contributed by atoms with Crippen LogP contribution >= 0.6 is 0 Å². The lowest BCUT2D eigenvalue weighted by atomic mass is 10.0. The lowest BCUT2D eigenvalue weighted by molar-refractivity contribution is 0.0258. The molecule has 2 N–H and O–H groups in total. The summed E-state index contributed by atoms with van der Waals surface area (Å²) >= 11 is 0. The SMILES string of the molecule is OCC[C@H]1CN(Cc2ncc[nH]2)CCN1C1CCCC1. The van der Waals surface area contributed by atoms with Crippen molar-refractivity contribution < 1.29 is 5.11 Å². The zero-order valence-corrected chi connectivity index (χ0v) is 12.2. The van der Waals surface area contributed by atoms with Crippen molar-refractivity contribution in [2.24, 2.45) is 0 Å². The molecule has 0 amide bonds. The van der Waals surface area contributed by atoms with E-state index in [1.54, 1.807) is 0 Å². The van der Waals surface area contributed by atoms with Gasteiger partial charge < -0.3 is 10.1 Å². The summed E-state index contributed by atoms with van der Waals surface area (Å²) in [5, 5.41) is 9.36. The summed E-state index contributed by atoms with van der Waals surface area (Å²) in [6, 6.07) is 1.27. The highest BCUT2D eigenvalue weighted by Gasteiger charge is 2.32. The standard InChI is InChI=1S/C15H26N4O/c20-10-5-14-11-18(12-15-16-6-7-17-15)8-9-19(14)13-3-1-2-4-13/h6-7,13-14,20H,1-5,8-12H2,(H,16,17)/t14-/m0/s1. The molecule has 2 aliphatic rings. The van der Waals surface area contributed by atoms with E-state index in [9.17, 15) is 5.11 Å². The van der Waals surface area contributed by atoms with E-state index in [0.29, 0.717) is 12.6 Å². The highest BCUT2D eigenvalue weighted by molar-refractivity contribution is 4.92. The molecule has 1 aliphatic heterocycles. The predicted octanol–water partition coefficient (Wildman–Crippen LogP) is 1.22. The molecule has 0 unspecified atom stereocenters. The molecule has 5 nitrogen and oxygen atoms in total. The highest BCUT2D eigenvalue weighted by Crippen LogP contribution is 2.28. The van der Waals surface area contributed by atoms with Crippen LogP contribution in [-0.2, 0) is 6.54 Å². The van der Waals surface area contributed by atoms with Gasteiger partial charge in [-0.1, -0.05) is 12.8 Å². The van der Waals surface area contributed by atoms with Crippen LogP contribution in [0, 0.1) is 0 Å². The normalized spacial score (nSPS) is 26.4. The summed E-state index contributed by atoms with van der Waals surface area (Å²) in [5.41, 5.74) is 0. The monoisotopic (exact) mass is 278 g/mol. The van der Waals surface area contributed by atoms with Crippen molar-refractivity contribution in [3.8, 4) is 0 Å². The molecule has 1 saturated carbocycles. The van der Waals surface area contributed by atoms with Gasteiger partial charge in [0.25, 0.3) is 0 Å². The van der Waals surface area contributed by atoms with Crippen LogP contribution in [0.4, 0.5) is 0 Å². The van der Waals surface area contributed by atoms with Crippen LogP contribution in [0.2, 0.25) is 0 Å². The number of hydrogen-bond acceptors (Lipinski definition) is 4. The Morgan fingerprint density at radius 3 is 2.85 bits per heavy atom. The van der Waals surface area contributed by atoms with E-state index in [2.05, 4.69) is 19.8 Å². The number of aliphatic hydroxyl groups excluding tert-OH is 1. The third kappa shape index (κ3) is 3.22. The average molecular weight is 278 g/mol. The topological polar surface area (TPSA) is 55.4 Å². The van der Waals surface area contributed by atoms with Gasteiger partial charge in [0.15, 0.2) is 0 Å². The Kier molecular flexibility index (Phi) is 4.70. The first-order chi connectivity index (χ1) is 9.86. The van der Waals surface area contributed by atoms with E-state index in [1.807, 2.05) is 12.4 Å². The lowest BCUT2D eigenvalue weighted by Gasteiger charge is -2.44. The minimum absolute atomic E-state index is 0.294. The molecular weight excluding hydrogens is 252 g/mol. The van der Waals surface area contributed by atoms with Crippen molar-refractivity contribution >= 4 is 0 Å². The highest BCUT2D eigenvalue weighted by atomic mass is 16.3. The van der Waals surface area contributed by atoms with Crippen LogP contribution in [-0.4, -0.2) is 63.2 Å². The van der Waals surface area contributed by atoms with E-state index < -0.39 is 0 Å². The maximum absolute atomic E-state index is 9.36. The van der Waals surface area contributed by atoms with Crippen LogP contribution in [0.5, 0.6) is 0 Å². The van der Waals surface area contributed by atoms with Crippen molar-refractivity contribution in [2.45, 2.75) is 50.7 Å². The Labute approximate surface area is 121 Å². The van der Waals surface area contributed by atoms with Gasteiger partial charge in [-0.05, 0) is 19.3 Å². The molecule has 0 bridgehead atoms. The van der Waals surface area contributed by atoms with Crippen molar-refractivity contribution in [1.29, 1.82) is 0 Å². The fraction of sp³-hybridized carbons (Fsp3) is 0.800. The molecule has 1 saturated heterocycles. The predicted molar refractivity (Wildman–Crippen MR) is 78.3 cm³/mol. The summed E-state index contributed by atoms with van der Waals surface area (Å²) < 4.78 is 0. The quantitative estimate of drug-likeness (QED) is 0.850. The second kappa shape index (κ2) is 6.70. The number of nitrogens with one attached hydrogen (secondary N) is 1. The first-order valence-electron chi connectivity index (χ1n) is 7.94. The van der Waals surface area contributed by atoms with Crippen molar-refractivity contribution in [1.82, 2.24) is 19.8 Å². The number of aliphatic hydroxyl groups is 1. The molecule has 0 aromatic carbocycles. The van der Waals surface area contributed by atoms with Gasteiger partial charge in [0.2, 0.25) is 0 Å². The molecule has 0 spiro atoms. The maximum atomic E-state index is 9.36. The van der Waals surface area contributed by atoms with Gasteiger partial charge in [0.1, 0.15) is 5.82 Å².